The number of rotatable bonds is 6. The predicted molar refractivity (Wildman–Crippen MR) is 70.0 cm³/mol. The van der Waals surface area contributed by atoms with Gasteiger partial charge >= 0.3 is 6.18 Å². The fraction of sp³-hybridized carbons (Fsp3) is 0.455. The third-order valence-corrected chi connectivity index (χ3v) is 3.57. The molecule has 2 heterocycles. The summed E-state index contributed by atoms with van der Waals surface area (Å²) < 4.78 is 42.8. The number of thioether (sulfide) groups is 1. The molecular formula is C11H12F3N5O2S. The second-order valence-corrected chi connectivity index (χ2v) is 5.60. The Bertz CT molecular complexity index is 614. The van der Waals surface area contributed by atoms with E-state index in [4.69, 9.17) is 4.42 Å². The molecule has 1 N–H and O–H groups in total. The van der Waals surface area contributed by atoms with Gasteiger partial charge in [-0.2, -0.15) is 13.2 Å². The molecule has 2 aromatic rings. The van der Waals surface area contributed by atoms with Crippen molar-refractivity contribution in [1.29, 1.82) is 0 Å². The van der Waals surface area contributed by atoms with Crippen molar-refractivity contribution in [2.75, 3.05) is 6.54 Å². The molecule has 0 bridgehead atoms. The number of furan rings is 1. The van der Waals surface area contributed by atoms with E-state index < -0.39 is 23.9 Å². The van der Waals surface area contributed by atoms with Gasteiger partial charge in [0.1, 0.15) is 18.8 Å². The van der Waals surface area contributed by atoms with E-state index in [9.17, 15) is 18.0 Å². The van der Waals surface area contributed by atoms with Gasteiger partial charge in [-0.25, -0.2) is 4.68 Å². The SMILES string of the molecule is CC(Sc1nnnn1Cc1ccco1)C(=O)NCC(F)(F)F. The number of hydrogen-bond donors (Lipinski definition) is 1. The summed E-state index contributed by atoms with van der Waals surface area (Å²) in [6, 6.07) is 3.44. The second-order valence-electron chi connectivity index (χ2n) is 4.29. The molecule has 0 aliphatic rings. The van der Waals surface area contributed by atoms with E-state index in [0.717, 1.165) is 11.8 Å². The van der Waals surface area contributed by atoms with Gasteiger partial charge in [-0.3, -0.25) is 4.79 Å². The van der Waals surface area contributed by atoms with E-state index in [-0.39, 0.29) is 6.54 Å². The average Bonchev–Trinajstić information content (AvgIpc) is 3.08. The molecule has 7 nitrogen and oxygen atoms in total. The number of carbonyl (C=O) groups excluding carboxylic acids is 1. The number of tetrazole rings is 1. The molecule has 0 spiro atoms. The molecule has 1 atom stereocenters. The number of hydrogen-bond acceptors (Lipinski definition) is 6. The number of nitrogens with one attached hydrogen (secondary N) is 1. The molecule has 120 valence electrons. The van der Waals surface area contributed by atoms with Crippen molar-refractivity contribution < 1.29 is 22.4 Å². The minimum absolute atomic E-state index is 0.263. The lowest BCUT2D eigenvalue weighted by atomic mass is 10.4. The molecule has 0 saturated heterocycles. The van der Waals surface area contributed by atoms with Crippen LogP contribution in [0.1, 0.15) is 12.7 Å². The Balaban J connectivity index is 1.93. The number of aromatic nitrogens is 4. The van der Waals surface area contributed by atoms with Gasteiger partial charge < -0.3 is 9.73 Å². The summed E-state index contributed by atoms with van der Waals surface area (Å²) in [5, 5.41) is 12.3. The van der Waals surface area contributed by atoms with Crippen LogP contribution in [0.2, 0.25) is 0 Å². The fourth-order valence-corrected chi connectivity index (χ4v) is 2.29. The van der Waals surface area contributed by atoms with E-state index >= 15 is 0 Å². The van der Waals surface area contributed by atoms with Crippen LogP contribution < -0.4 is 5.32 Å². The maximum absolute atomic E-state index is 12.1. The molecule has 1 unspecified atom stereocenters. The van der Waals surface area contributed by atoms with Crippen molar-refractivity contribution in [3.8, 4) is 0 Å². The van der Waals surface area contributed by atoms with E-state index in [1.807, 2.05) is 5.32 Å². The van der Waals surface area contributed by atoms with Crippen LogP contribution in [0, 0.1) is 0 Å². The molecule has 2 aromatic heterocycles. The first-order valence-electron chi connectivity index (χ1n) is 6.15. The van der Waals surface area contributed by atoms with Gasteiger partial charge in [0.05, 0.1) is 11.5 Å². The molecule has 22 heavy (non-hydrogen) atoms. The summed E-state index contributed by atoms with van der Waals surface area (Å²) in [7, 11) is 0. The first kappa shape index (κ1) is 16.3. The van der Waals surface area contributed by atoms with Gasteiger partial charge in [-0.05, 0) is 29.5 Å². The predicted octanol–water partition coefficient (Wildman–Crippen LogP) is 1.47. The monoisotopic (exact) mass is 335 g/mol. The minimum atomic E-state index is -4.44. The lowest BCUT2D eigenvalue weighted by Gasteiger charge is -2.12. The van der Waals surface area contributed by atoms with Crippen LogP contribution in [0.15, 0.2) is 28.0 Å². The Labute approximate surface area is 127 Å². The Hall–Kier alpha value is -2.04. The molecule has 0 radical (unpaired) electrons. The Kier molecular flexibility index (Phi) is 5.06. The van der Waals surface area contributed by atoms with Crippen molar-refractivity contribution in [2.45, 2.75) is 30.1 Å². The summed E-state index contributed by atoms with van der Waals surface area (Å²) in [6.45, 7) is 0.371. The highest BCUT2D eigenvalue weighted by atomic mass is 32.2. The van der Waals surface area contributed by atoms with Crippen LogP contribution in [0.25, 0.3) is 0 Å². The summed E-state index contributed by atoms with van der Waals surface area (Å²) in [6.07, 6.45) is -2.94. The van der Waals surface area contributed by atoms with Gasteiger partial charge in [0.25, 0.3) is 0 Å². The van der Waals surface area contributed by atoms with Crippen molar-refractivity contribution in [2.24, 2.45) is 0 Å². The molecule has 0 aliphatic heterocycles. The molecule has 11 heteroatoms. The van der Waals surface area contributed by atoms with Crippen molar-refractivity contribution in [3.63, 3.8) is 0 Å². The number of alkyl halides is 3. The Morgan fingerprint density at radius 1 is 1.55 bits per heavy atom. The smallest absolute Gasteiger partial charge is 0.405 e. The third-order valence-electron chi connectivity index (χ3n) is 2.50. The zero-order valence-corrected chi connectivity index (χ0v) is 12.2. The maximum atomic E-state index is 12.1. The summed E-state index contributed by atoms with van der Waals surface area (Å²) >= 11 is 0.963. The highest BCUT2D eigenvalue weighted by Crippen LogP contribution is 2.21. The van der Waals surface area contributed by atoms with E-state index in [0.29, 0.717) is 10.9 Å². The number of nitrogens with zero attached hydrogens (tertiary/aromatic N) is 4. The highest BCUT2D eigenvalue weighted by Gasteiger charge is 2.29. The van der Waals surface area contributed by atoms with Crippen molar-refractivity contribution in [1.82, 2.24) is 25.5 Å². The van der Waals surface area contributed by atoms with Gasteiger partial charge in [-0.1, -0.05) is 11.8 Å². The highest BCUT2D eigenvalue weighted by molar-refractivity contribution is 8.00. The molecule has 0 aromatic carbocycles. The van der Waals surface area contributed by atoms with Crippen LogP contribution >= 0.6 is 11.8 Å². The Morgan fingerprint density at radius 2 is 2.32 bits per heavy atom. The summed E-state index contributed by atoms with van der Waals surface area (Å²) in [5.41, 5.74) is 0. The zero-order valence-electron chi connectivity index (χ0n) is 11.4. The van der Waals surface area contributed by atoms with Crippen LogP contribution in [-0.2, 0) is 11.3 Å². The molecule has 1 amide bonds. The van der Waals surface area contributed by atoms with Gasteiger partial charge in [0, 0.05) is 0 Å². The number of amides is 1. The lowest BCUT2D eigenvalue weighted by molar-refractivity contribution is -0.137. The van der Waals surface area contributed by atoms with Gasteiger partial charge in [0.15, 0.2) is 0 Å². The summed E-state index contributed by atoms with van der Waals surface area (Å²) in [5.74, 6) is -0.127. The standard InChI is InChI=1S/C11H12F3N5O2S/c1-7(9(20)15-6-11(12,13)14)22-10-16-17-18-19(10)5-8-3-2-4-21-8/h2-4,7H,5-6H2,1H3,(H,15,20). The summed E-state index contributed by atoms with van der Waals surface area (Å²) in [4.78, 5) is 11.6. The second kappa shape index (κ2) is 6.81. The lowest BCUT2D eigenvalue weighted by Crippen LogP contribution is -2.38. The maximum Gasteiger partial charge on any atom is 0.405 e. The largest absolute Gasteiger partial charge is 0.467 e. The third kappa shape index (κ3) is 4.76. The first-order valence-corrected chi connectivity index (χ1v) is 7.03. The van der Waals surface area contributed by atoms with E-state index in [1.165, 1.54) is 17.9 Å². The molecule has 0 fully saturated rings. The number of carbonyl (C=O) groups is 1. The Morgan fingerprint density at radius 3 is 2.95 bits per heavy atom. The van der Waals surface area contributed by atoms with Gasteiger partial charge in [0.2, 0.25) is 11.1 Å². The number of halogens is 3. The van der Waals surface area contributed by atoms with Crippen LogP contribution in [0.3, 0.4) is 0 Å². The van der Waals surface area contributed by atoms with Crippen molar-refractivity contribution in [3.05, 3.63) is 24.2 Å². The van der Waals surface area contributed by atoms with E-state index in [1.54, 1.807) is 12.1 Å². The fourth-order valence-electron chi connectivity index (χ4n) is 1.47. The molecular weight excluding hydrogens is 323 g/mol. The van der Waals surface area contributed by atoms with Crippen LogP contribution in [0.4, 0.5) is 13.2 Å². The van der Waals surface area contributed by atoms with Gasteiger partial charge in [-0.15, -0.1) is 5.10 Å². The van der Waals surface area contributed by atoms with Crippen molar-refractivity contribution >= 4 is 17.7 Å². The molecule has 2 rings (SSSR count). The topological polar surface area (TPSA) is 85.8 Å². The normalized spacial score (nSPS) is 13.1. The average molecular weight is 335 g/mol. The minimum Gasteiger partial charge on any atom is -0.467 e. The quantitative estimate of drug-likeness (QED) is 0.805. The zero-order chi connectivity index (χ0) is 16.2. The van der Waals surface area contributed by atoms with Crippen LogP contribution in [0.5, 0.6) is 0 Å². The molecule has 0 saturated carbocycles. The van der Waals surface area contributed by atoms with Crippen LogP contribution in [-0.4, -0.2) is 44.1 Å². The van der Waals surface area contributed by atoms with E-state index in [2.05, 4.69) is 15.5 Å². The molecule has 0 aliphatic carbocycles. The first-order chi connectivity index (χ1) is 10.3.